The highest BCUT2D eigenvalue weighted by Gasteiger charge is 2.38. The first-order valence-corrected chi connectivity index (χ1v) is 9.89. The Morgan fingerprint density at radius 3 is 1.23 bits per heavy atom. The second kappa shape index (κ2) is 6.92. The zero-order chi connectivity index (χ0) is 19.5. The van der Waals surface area contributed by atoms with Crippen LogP contribution in [0.1, 0.15) is 11.1 Å². The molecule has 26 heavy (non-hydrogen) atoms. The number of rotatable bonds is 2. The third kappa shape index (κ3) is 2.83. The molecule has 0 aliphatic carbocycles. The molecule has 3 rings (SSSR count). The first kappa shape index (κ1) is 19.9. The van der Waals surface area contributed by atoms with E-state index in [1.54, 1.807) is 13.8 Å². The van der Waals surface area contributed by atoms with Gasteiger partial charge in [-0.25, -0.2) is 0 Å². The summed E-state index contributed by atoms with van der Waals surface area (Å²) in [4.78, 5) is 23.2. The van der Waals surface area contributed by atoms with Crippen molar-refractivity contribution in [1.29, 1.82) is 0 Å². The second-order valence-electron chi connectivity index (χ2n) is 5.24. The van der Waals surface area contributed by atoms with Gasteiger partial charge < -0.3 is 0 Å². The number of benzene rings is 2. The van der Waals surface area contributed by atoms with E-state index in [1.165, 1.54) is 0 Å². The summed E-state index contributed by atoms with van der Waals surface area (Å²) in [6.45, 7) is 3.29. The number of nitrogens with zero attached hydrogens (tertiary/aromatic N) is 2. The Kier molecular flexibility index (Phi) is 5.29. The molecule has 1 aliphatic heterocycles. The van der Waals surface area contributed by atoms with Gasteiger partial charge in [-0.1, -0.05) is 69.9 Å². The fraction of sp³-hybridized carbons (Fsp3) is 0.143. The molecule has 0 bridgehead atoms. The van der Waals surface area contributed by atoms with Gasteiger partial charge in [-0.2, -0.15) is 0 Å². The Bertz CT molecular complexity index is 948. The van der Waals surface area contributed by atoms with Gasteiger partial charge in [0.2, 0.25) is 0 Å². The fourth-order valence-corrected chi connectivity index (χ4v) is 6.49. The molecule has 0 unspecified atom stereocenters. The average molecular weight is 472 g/mol. The molecule has 0 atom stereocenters. The van der Waals surface area contributed by atoms with Crippen LogP contribution >= 0.6 is 69.9 Å². The van der Waals surface area contributed by atoms with Crippen molar-refractivity contribution in [1.82, 2.24) is 0 Å². The molecular formula is C14H6Cl4N2O4S2. The fourth-order valence-electron chi connectivity index (χ4n) is 2.46. The largest absolute Gasteiger partial charge is 0.304 e. The molecule has 136 valence electrons. The maximum Gasteiger partial charge on any atom is 0.304 e. The Hall–Kier alpha value is -0.900. The third-order valence-electron chi connectivity index (χ3n) is 3.76. The van der Waals surface area contributed by atoms with Gasteiger partial charge in [0.1, 0.15) is 19.8 Å². The molecule has 6 nitrogen and oxygen atoms in total. The molecule has 0 saturated heterocycles. The van der Waals surface area contributed by atoms with Crippen molar-refractivity contribution in [2.75, 3.05) is 0 Å². The monoisotopic (exact) mass is 470 g/mol. The maximum atomic E-state index is 11.5. The number of nitro groups is 2. The predicted octanol–water partition coefficient (Wildman–Crippen LogP) is 7.35. The number of halogens is 4. The highest BCUT2D eigenvalue weighted by Crippen LogP contribution is 2.61. The number of nitro benzene ring substituents is 2. The van der Waals surface area contributed by atoms with Crippen molar-refractivity contribution in [2.24, 2.45) is 0 Å². The molecule has 0 spiro atoms. The van der Waals surface area contributed by atoms with E-state index in [0.29, 0.717) is 20.9 Å². The van der Waals surface area contributed by atoms with E-state index in [9.17, 15) is 20.2 Å². The van der Waals surface area contributed by atoms with Gasteiger partial charge in [0.25, 0.3) is 0 Å². The molecule has 0 fully saturated rings. The third-order valence-corrected chi connectivity index (χ3v) is 8.52. The van der Waals surface area contributed by atoms with Gasteiger partial charge >= 0.3 is 11.4 Å². The predicted molar refractivity (Wildman–Crippen MR) is 104 cm³/mol. The Morgan fingerprint density at radius 1 is 0.654 bits per heavy atom. The summed E-state index contributed by atoms with van der Waals surface area (Å²) < 4.78 is 0. The van der Waals surface area contributed by atoms with Crippen LogP contribution in [0.3, 0.4) is 0 Å². The Morgan fingerprint density at radius 2 is 0.962 bits per heavy atom. The van der Waals surface area contributed by atoms with Gasteiger partial charge in [0.05, 0.1) is 19.9 Å². The Balaban J connectivity index is 2.40. The SMILES string of the molecule is Cc1c(Cl)c(Cl)c([N+](=O)[O-])c2c1Sc1c(c(C)c(Cl)c(Cl)c1[N+](=O)[O-])S2. The first-order chi connectivity index (χ1) is 12.1. The van der Waals surface area contributed by atoms with Crippen molar-refractivity contribution in [3.8, 4) is 0 Å². The van der Waals surface area contributed by atoms with Crippen LogP contribution in [-0.2, 0) is 0 Å². The lowest BCUT2D eigenvalue weighted by Crippen LogP contribution is -2.04. The summed E-state index contributed by atoms with van der Waals surface area (Å²) in [5, 5.41) is 22.8. The summed E-state index contributed by atoms with van der Waals surface area (Å²) in [6.07, 6.45) is 0. The summed E-state index contributed by atoms with van der Waals surface area (Å²) in [7, 11) is 0. The topological polar surface area (TPSA) is 86.3 Å². The van der Waals surface area contributed by atoms with Gasteiger partial charge in [-0.3, -0.25) is 20.2 Å². The lowest BCUT2D eigenvalue weighted by molar-refractivity contribution is -0.388. The van der Waals surface area contributed by atoms with Crippen LogP contribution in [0, 0.1) is 34.1 Å². The molecule has 0 aromatic heterocycles. The standard InChI is InChI=1S/C14H6Cl4N2O4S2/c1-3-5(15)7(17)9(19(21)22)13-11(3)25-14-10(20(23)24)8(18)6(16)4(2)12(14)26-13/h1-2H3. The van der Waals surface area contributed by atoms with Crippen molar-refractivity contribution in [3.05, 3.63) is 51.4 Å². The molecule has 2 aromatic carbocycles. The summed E-state index contributed by atoms with van der Waals surface area (Å²) in [5.74, 6) is 0. The number of hydrogen-bond acceptors (Lipinski definition) is 6. The molecule has 1 heterocycles. The minimum atomic E-state index is -0.619. The van der Waals surface area contributed by atoms with Gasteiger partial charge in [-0.15, -0.1) is 0 Å². The van der Waals surface area contributed by atoms with E-state index >= 15 is 0 Å². The Labute approximate surface area is 175 Å². The van der Waals surface area contributed by atoms with E-state index in [1.807, 2.05) is 0 Å². The molecule has 1 aliphatic rings. The van der Waals surface area contributed by atoms with E-state index in [4.69, 9.17) is 46.4 Å². The van der Waals surface area contributed by atoms with Gasteiger partial charge in [-0.05, 0) is 25.0 Å². The van der Waals surface area contributed by atoms with Crippen molar-refractivity contribution < 1.29 is 9.85 Å². The molecule has 0 saturated carbocycles. The van der Waals surface area contributed by atoms with Gasteiger partial charge in [0, 0.05) is 9.79 Å². The summed E-state index contributed by atoms with van der Waals surface area (Å²) >= 11 is 26.5. The van der Waals surface area contributed by atoms with Crippen LogP contribution in [0.15, 0.2) is 19.6 Å². The van der Waals surface area contributed by atoms with E-state index in [2.05, 4.69) is 0 Å². The van der Waals surface area contributed by atoms with E-state index in [0.717, 1.165) is 23.5 Å². The molecule has 0 radical (unpaired) electrons. The van der Waals surface area contributed by atoms with Crippen molar-refractivity contribution >= 4 is 81.3 Å². The van der Waals surface area contributed by atoms with Crippen LogP contribution in [-0.4, -0.2) is 9.85 Å². The quantitative estimate of drug-likeness (QED) is 0.286. The molecule has 2 aromatic rings. The minimum absolute atomic E-state index is 0.0353. The average Bonchev–Trinajstić information content (AvgIpc) is 2.57. The zero-order valence-corrected chi connectivity index (χ0v) is 17.5. The zero-order valence-electron chi connectivity index (χ0n) is 12.9. The summed E-state index contributed by atoms with van der Waals surface area (Å²) in [5.41, 5.74) is 0.318. The minimum Gasteiger partial charge on any atom is -0.258 e. The molecule has 12 heteroatoms. The first-order valence-electron chi connectivity index (χ1n) is 6.75. The lowest BCUT2D eigenvalue weighted by atomic mass is 10.2. The van der Waals surface area contributed by atoms with Crippen LogP contribution in [0.2, 0.25) is 20.1 Å². The molecule has 0 amide bonds. The highest BCUT2D eigenvalue weighted by atomic mass is 35.5. The van der Waals surface area contributed by atoms with E-state index in [-0.39, 0.29) is 41.3 Å². The van der Waals surface area contributed by atoms with Crippen molar-refractivity contribution in [3.63, 3.8) is 0 Å². The molecular weight excluding hydrogens is 466 g/mol. The normalized spacial score (nSPS) is 12.5. The van der Waals surface area contributed by atoms with Crippen molar-refractivity contribution in [2.45, 2.75) is 33.4 Å². The van der Waals surface area contributed by atoms with Crippen LogP contribution < -0.4 is 0 Å². The number of fused-ring (bicyclic) bond motifs is 2. The molecule has 0 N–H and O–H groups in total. The maximum absolute atomic E-state index is 11.5. The van der Waals surface area contributed by atoms with Crippen LogP contribution in [0.25, 0.3) is 0 Å². The highest BCUT2D eigenvalue weighted by molar-refractivity contribution is 8.05. The smallest absolute Gasteiger partial charge is 0.258 e. The van der Waals surface area contributed by atoms with Crippen LogP contribution in [0.4, 0.5) is 11.4 Å². The van der Waals surface area contributed by atoms with Gasteiger partial charge in [0.15, 0.2) is 0 Å². The second-order valence-corrected chi connectivity index (χ2v) is 8.79. The lowest BCUT2D eigenvalue weighted by Gasteiger charge is -2.23. The summed E-state index contributed by atoms with van der Waals surface area (Å²) in [6, 6.07) is 0. The van der Waals surface area contributed by atoms with Crippen LogP contribution in [0.5, 0.6) is 0 Å². The number of hydrogen-bond donors (Lipinski definition) is 0. The van der Waals surface area contributed by atoms with E-state index < -0.39 is 9.85 Å².